The van der Waals surface area contributed by atoms with E-state index in [4.69, 9.17) is 14.5 Å². The summed E-state index contributed by atoms with van der Waals surface area (Å²) in [6.45, 7) is 5.04. The monoisotopic (exact) mass is 489 g/mol. The van der Waals surface area contributed by atoms with E-state index >= 15 is 0 Å². The minimum atomic E-state index is -0.620. The molecular weight excluding hydrogens is 457 g/mol. The van der Waals surface area contributed by atoms with Crippen LogP contribution in [0, 0.1) is 0 Å². The van der Waals surface area contributed by atoms with Crippen molar-refractivity contribution in [2.75, 3.05) is 33.9 Å². The van der Waals surface area contributed by atoms with Gasteiger partial charge in [0.05, 0.1) is 26.4 Å². The molecule has 27 heavy (non-hydrogen) atoms. The lowest BCUT2D eigenvalue weighted by Gasteiger charge is -2.33. The Morgan fingerprint density at radius 1 is 1.19 bits per heavy atom. The van der Waals surface area contributed by atoms with Gasteiger partial charge in [0.25, 0.3) is 0 Å². The van der Waals surface area contributed by atoms with E-state index in [1.807, 2.05) is 0 Å². The summed E-state index contributed by atoms with van der Waals surface area (Å²) < 4.78 is 10.9. The highest BCUT2D eigenvalue weighted by Gasteiger charge is 2.31. The van der Waals surface area contributed by atoms with Crippen molar-refractivity contribution < 1.29 is 14.6 Å². The van der Waals surface area contributed by atoms with Crippen LogP contribution in [0.3, 0.4) is 0 Å². The molecule has 152 valence electrons. The fourth-order valence-corrected chi connectivity index (χ4v) is 3.90. The number of hydrogen-bond donors (Lipinski definition) is 2. The lowest BCUT2D eigenvalue weighted by Crippen LogP contribution is -2.45. The SMILES string of the molecule is CCNC(=NCC1(O)CCCC1)N1CCc2cc(OC)c(OC)cc2C1.I. The zero-order valence-corrected chi connectivity index (χ0v) is 18.9. The van der Waals surface area contributed by atoms with Crippen LogP contribution in [0.15, 0.2) is 17.1 Å². The Kier molecular flexibility index (Phi) is 8.03. The second-order valence-corrected chi connectivity index (χ2v) is 7.25. The highest BCUT2D eigenvalue weighted by molar-refractivity contribution is 14.0. The van der Waals surface area contributed by atoms with E-state index in [-0.39, 0.29) is 24.0 Å². The number of guanidine groups is 1. The lowest BCUT2D eigenvalue weighted by atomic mass is 9.99. The molecule has 0 radical (unpaired) electrons. The van der Waals surface area contributed by atoms with Crippen LogP contribution in [-0.4, -0.2) is 55.4 Å². The average molecular weight is 489 g/mol. The van der Waals surface area contributed by atoms with Crippen molar-refractivity contribution in [1.29, 1.82) is 0 Å². The van der Waals surface area contributed by atoms with E-state index in [1.54, 1.807) is 14.2 Å². The van der Waals surface area contributed by atoms with Gasteiger partial charge in [-0.2, -0.15) is 0 Å². The van der Waals surface area contributed by atoms with E-state index in [0.29, 0.717) is 6.54 Å². The predicted molar refractivity (Wildman–Crippen MR) is 118 cm³/mol. The Hall–Kier alpha value is -1.22. The van der Waals surface area contributed by atoms with Crippen LogP contribution in [0.5, 0.6) is 11.5 Å². The number of rotatable bonds is 5. The molecule has 1 saturated carbocycles. The first kappa shape index (κ1) is 22.1. The van der Waals surface area contributed by atoms with Gasteiger partial charge in [0.1, 0.15) is 0 Å². The molecule has 2 N–H and O–H groups in total. The molecule has 3 rings (SSSR count). The second-order valence-electron chi connectivity index (χ2n) is 7.25. The minimum absolute atomic E-state index is 0. The van der Waals surface area contributed by atoms with Gasteiger partial charge in [0.2, 0.25) is 0 Å². The van der Waals surface area contributed by atoms with Crippen LogP contribution in [0.25, 0.3) is 0 Å². The van der Waals surface area contributed by atoms with Gasteiger partial charge in [-0.15, -0.1) is 24.0 Å². The predicted octanol–water partition coefficient (Wildman–Crippen LogP) is 2.95. The summed E-state index contributed by atoms with van der Waals surface area (Å²) in [5.41, 5.74) is 1.91. The summed E-state index contributed by atoms with van der Waals surface area (Å²) in [7, 11) is 3.34. The lowest BCUT2D eigenvalue weighted by molar-refractivity contribution is 0.0571. The molecule has 1 aromatic carbocycles. The molecule has 0 atom stereocenters. The number of aliphatic imine (C=N–C) groups is 1. The molecule has 1 fully saturated rings. The standard InChI is InChI=1S/C20H31N3O3.HI/c1-4-21-19(22-14-20(24)8-5-6-9-20)23-10-7-15-11-17(25-2)18(26-3)12-16(15)13-23;/h11-12,24H,4-10,13-14H2,1-3H3,(H,21,22);1H. The third-order valence-corrected chi connectivity index (χ3v) is 5.41. The summed E-state index contributed by atoms with van der Waals surface area (Å²) >= 11 is 0. The molecule has 2 aliphatic rings. The quantitative estimate of drug-likeness (QED) is 0.379. The van der Waals surface area contributed by atoms with Gasteiger partial charge in [0.15, 0.2) is 17.5 Å². The number of nitrogens with zero attached hydrogens (tertiary/aromatic N) is 2. The van der Waals surface area contributed by atoms with Crippen molar-refractivity contribution in [3.8, 4) is 11.5 Å². The summed E-state index contributed by atoms with van der Waals surface area (Å²) in [5.74, 6) is 2.42. The van der Waals surface area contributed by atoms with Gasteiger partial charge in [-0.3, -0.25) is 4.99 Å². The number of hydrogen-bond acceptors (Lipinski definition) is 4. The number of halogens is 1. The molecule has 1 aliphatic carbocycles. The Bertz CT molecular complexity index is 660. The zero-order valence-electron chi connectivity index (χ0n) is 16.6. The first-order chi connectivity index (χ1) is 12.6. The Morgan fingerprint density at radius 3 is 2.41 bits per heavy atom. The van der Waals surface area contributed by atoms with E-state index in [0.717, 1.165) is 69.2 Å². The molecular formula is C20H32IN3O3. The minimum Gasteiger partial charge on any atom is -0.493 e. The van der Waals surface area contributed by atoms with E-state index in [2.05, 4.69) is 29.3 Å². The van der Waals surface area contributed by atoms with Crippen LogP contribution in [0.1, 0.15) is 43.7 Å². The second kappa shape index (κ2) is 9.82. The zero-order chi connectivity index (χ0) is 18.6. The summed E-state index contributed by atoms with van der Waals surface area (Å²) in [6.07, 6.45) is 4.85. The van der Waals surface area contributed by atoms with Gasteiger partial charge in [0, 0.05) is 19.6 Å². The van der Waals surface area contributed by atoms with Crippen molar-refractivity contribution in [3.63, 3.8) is 0 Å². The topological polar surface area (TPSA) is 66.3 Å². The number of methoxy groups -OCH3 is 2. The molecule has 0 saturated heterocycles. The molecule has 0 aromatic heterocycles. The molecule has 7 heteroatoms. The van der Waals surface area contributed by atoms with Crippen LogP contribution in [0.2, 0.25) is 0 Å². The van der Waals surface area contributed by atoms with Gasteiger partial charge in [-0.1, -0.05) is 12.8 Å². The first-order valence-corrected chi connectivity index (χ1v) is 9.58. The highest BCUT2D eigenvalue weighted by Crippen LogP contribution is 2.33. The van der Waals surface area contributed by atoms with Crippen LogP contribution in [0.4, 0.5) is 0 Å². The largest absolute Gasteiger partial charge is 0.493 e. The number of aliphatic hydroxyl groups is 1. The molecule has 6 nitrogen and oxygen atoms in total. The first-order valence-electron chi connectivity index (χ1n) is 9.58. The van der Waals surface area contributed by atoms with E-state index in [1.165, 1.54) is 11.1 Å². The number of benzene rings is 1. The number of ether oxygens (including phenoxy) is 2. The maximum Gasteiger partial charge on any atom is 0.194 e. The molecule has 1 aromatic rings. The summed E-state index contributed by atoms with van der Waals surface area (Å²) in [4.78, 5) is 7.03. The Balaban J connectivity index is 0.00000261. The average Bonchev–Trinajstić information content (AvgIpc) is 3.10. The third-order valence-electron chi connectivity index (χ3n) is 5.41. The van der Waals surface area contributed by atoms with Crippen molar-refractivity contribution in [1.82, 2.24) is 10.2 Å². The summed E-state index contributed by atoms with van der Waals surface area (Å²) in [5, 5.41) is 14.0. The van der Waals surface area contributed by atoms with Gasteiger partial charge >= 0.3 is 0 Å². The van der Waals surface area contributed by atoms with Crippen molar-refractivity contribution in [2.24, 2.45) is 4.99 Å². The van der Waals surface area contributed by atoms with Crippen LogP contribution in [-0.2, 0) is 13.0 Å². The van der Waals surface area contributed by atoms with Crippen molar-refractivity contribution in [3.05, 3.63) is 23.3 Å². The molecule has 0 amide bonds. The fourth-order valence-electron chi connectivity index (χ4n) is 3.90. The summed E-state index contributed by atoms with van der Waals surface area (Å²) in [6, 6.07) is 4.14. The molecule has 0 bridgehead atoms. The van der Waals surface area contributed by atoms with Crippen LogP contribution < -0.4 is 14.8 Å². The Labute approximate surface area is 179 Å². The van der Waals surface area contributed by atoms with Crippen molar-refractivity contribution in [2.45, 2.75) is 51.2 Å². The number of nitrogens with one attached hydrogen (secondary N) is 1. The van der Waals surface area contributed by atoms with Crippen LogP contribution >= 0.6 is 24.0 Å². The van der Waals surface area contributed by atoms with Crippen molar-refractivity contribution >= 4 is 29.9 Å². The van der Waals surface area contributed by atoms with Gasteiger partial charge in [-0.05, 0) is 49.4 Å². The highest BCUT2D eigenvalue weighted by atomic mass is 127. The third kappa shape index (κ3) is 5.19. The maximum atomic E-state index is 10.6. The molecule has 0 unspecified atom stereocenters. The van der Waals surface area contributed by atoms with E-state index in [9.17, 15) is 5.11 Å². The van der Waals surface area contributed by atoms with Gasteiger partial charge < -0.3 is 24.8 Å². The normalized spacial score (nSPS) is 18.5. The van der Waals surface area contributed by atoms with Gasteiger partial charge in [-0.25, -0.2) is 0 Å². The maximum absolute atomic E-state index is 10.6. The Morgan fingerprint density at radius 2 is 1.81 bits per heavy atom. The molecule has 1 aliphatic heterocycles. The molecule has 1 heterocycles. The number of fused-ring (bicyclic) bond motifs is 1. The fraction of sp³-hybridized carbons (Fsp3) is 0.650. The smallest absolute Gasteiger partial charge is 0.194 e. The molecule has 0 spiro atoms. The van der Waals surface area contributed by atoms with E-state index < -0.39 is 5.60 Å².